The number of guanidine groups is 1. The summed E-state index contributed by atoms with van der Waals surface area (Å²) in [7, 11) is 0. The summed E-state index contributed by atoms with van der Waals surface area (Å²) in [6.07, 6.45) is 1.73. The van der Waals surface area contributed by atoms with E-state index in [1.165, 1.54) is 0 Å². The first kappa shape index (κ1) is 21.2. The van der Waals surface area contributed by atoms with E-state index in [0.717, 1.165) is 33.2 Å². The highest BCUT2D eigenvalue weighted by atomic mass is 32.1. The fraction of sp³-hybridized carbons (Fsp3) is 0. The largest absolute Gasteiger partial charge is 0.369 e. The zero-order chi connectivity index (χ0) is 23.2. The molecular formula is C25H20N8S. The minimum atomic E-state index is 0.185. The van der Waals surface area contributed by atoms with Crippen molar-refractivity contribution in [3.8, 4) is 21.8 Å². The summed E-state index contributed by atoms with van der Waals surface area (Å²) in [5, 5.41) is 16.8. The van der Waals surface area contributed by atoms with Crippen molar-refractivity contribution in [1.82, 2.24) is 20.2 Å². The minimum absolute atomic E-state index is 0.185. The van der Waals surface area contributed by atoms with Crippen molar-refractivity contribution in [3.63, 3.8) is 0 Å². The Morgan fingerprint density at radius 1 is 0.794 bits per heavy atom. The van der Waals surface area contributed by atoms with Gasteiger partial charge in [0.15, 0.2) is 11.8 Å². The molecule has 0 aliphatic heterocycles. The Morgan fingerprint density at radius 2 is 1.62 bits per heavy atom. The lowest BCUT2D eigenvalue weighted by Crippen LogP contribution is -2.22. The summed E-state index contributed by atoms with van der Waals surface area (Å²) < 4.78 is 0. The number of hydrogen-bond donors (Lipinski definition) is 3. The quantitative estimate of drug-likeness (QED) is 0.226. The molecule has 0 amide bonds. The van der Waals surface area contributed by atoms with Gasteiger partial charge in [-0.1, -0.05) is 48.5 Å². The molecule has 3 aromatic heterocycles. The number of para-hydroxylation sites is 2. The molecular weight excluding hydrogens is 444 g/mol. The second-order valence-corrected chi connectivity index (χ2v) is 8.13. The van der Waals surface area contributed by atoms with E-state index in [4.69, 9.17) is 5.73 Å². The Kier molecular flexibility index (Phi) is 6.17. The molecule has 0 saturated heterocycles. The van der Waals surface area contributed by atoms with Crippen LogP contribution in [-0.2, 0) is 0 Å². The summed E-state index contributed by atoms with van der Waals surface area (Å²) >= 11 is 1.63. The Morgan fingerprint density at radius 3 is 2.38 bits per heavy atom. The molecule has 0 atom stereocenters. The molecule has 0 unspecified atom stereocenters. The van der Waals surface area contributed by atoms with Gasteiger partial charge in [0.25, 0.3) is 0 Å². The smallest absolute Gasteiger partial charge is 0.227 e. The van der Waals surface area contributed by atoms with Gasteiger partial charge in [0.05, 0.1) is 27.6 Å². The molecule has 5 rings (SSSR count). The van der Waals surface area contributed by atoms with Gasteiger partial charge >= 0.3 is 0 Å². The minimum Gasteiger partial charge on any atom is -0.369 e. The lowest BCUT2D eigenvalue weighted by Gasteiger charge is -2.12. The number of thiophene rings is 1. The van der Waals surface area contributed by atoms with Gasteiger partial charge < -0.3 is 16.4 Å². The molecule has 0 aliphatic rings. The molecule has 8 nitrogen and oxygen atoms in total. The Labute approximate surface area is 200 Å². The van der Waals surface area contributed by atoms with Crippen LogP contribution in [0.25, 0.3) is 21.8 Å². The van der Waals surface area contributed by atoms with E-state index >= 15 is 0 Å². The molecule has 2 aromatic carbocycles. The summed E-state index contributed by atoms with van der Waals surface area (Å²) in [5.74, 6) is 1.07. The zero-order valence-electron chi connectivity index (χ0n) is 18.0. The summed E-state index contributed by atoms with van der Waals surface area (Å²) in [4.78, 5) is 14.4. The molecule has 4 N–H and O–H groups in total. The van der Waals surface area contributed by atoms with Gasteiger partial charge in [0.2, 0.25) is 5.95 Å². The first-order valence-electron chi connectivity index (χ1n) is 10.5. The van der Waals surface area contributed by atoms with E-state index in [2.05, 4.69) is 35.8 Å². The van der Waals surface area contributed by atoms with E-state index < -0.39 is 0 Å². The van der Waals surface area contributed by atoms with Gasteiger partial charge in [0, 0.05) is 11.8 Å². The van der Waals surface area contributed by atoms with Crippen LogP contribution in [0.4, 0.5) is 23.1 Å². The van der Waals surface area contributed by atoms with Crippen LogP contribution in [0.3, 0.4) is 0 Å². The standard InChI is InChI=1S/C25H20N8S/c26-24(31-23-13-12-18(32-33-23)17-7-2-1-3-8-17)28-19-9-4-5-10-20(19)29-25-27-15-14-21(30-25)22-11-6-16-34-22/h1-16H,(H,27,29,30)(H3,26,28,31,33). The summed E-state index contributed by atoms with van der Waals surface area (Å²) in [6, 6.07) is 27.0. The SMILES string of the molecule is NC(=Nc1ccc(-c2ccccc2)nn1)Nc1ccccc1Nc1nccc(-c2cccs2)n1. The van der Waals surface area contributed by atoms with E-state index in [-0.39, 0.29) is 5.96 Å². The van der Waals surface area contributed by atoms with Crippen LogP contribution >= 0.6 is 11.3 Å². The van der Waals surface area contributed by atoms with Crippen molar-refractivity contribution < 1.29 is 0 Å². The topological polar surface area (TPSA) is 114 Å². The first-order chi connectivity index (χ1) is 16.7. The third-order valence-corrected chi connectivity index (χ3v) is 5.71. The fourth-order valence-electron chi connectivity index (χ4n) is 3.24. The van der Waals surface area contributed by atoms with Crippen LogP contribution < -0.4 is 16.4 Å². The van der Waals surface area contributed by atoms with Gasteiger partial charge in [-0.15, -0.1) is 21.5 Å². The molecule has 9 heteroatoms. The maximum absolute atomic E-state index is 6.15. The van der Waals surface area contributed by atoms with E-state index in [1.807, 2.05) is 84.2 Å². The second kappa shape index (κ2) is 9.88. The lowest BCUT2D eigenvalue weighted by atomic mass is 10.1. The van der Waals surface area contributed by atoms with Crippen molar-refractivity contribution in [1.29, 1.82) is 0 Å². The van der Waals surface area contributed by atoms with Crippen LogP contribution in [0.15, 0.2) is 101 Å². The highest BCUT2D eigenvalue weighted by molar-refractivity contribution is 7.13. The highest BCUT2D eigenvalue weighted by Crippen LogP contribution is 2.27. The second-order valence-electron chi connectivity index (χ2n) is 7.18. The van der Waals surface area contributed by atoms with Crippen LogP contribution in [-0.4, -0.2) is 26.1 Å². The third kappa shape index (κ3) is 5.05. The molecule has 0 radical (unpaired) electrons. The van der Waals surface area contributed by atoms with Gasteiger partial charge in [-0.2, -0.15) is 4.99 Å². The number of nitrogens with zero attached hydrogens (tertiary/aromatic N) is 5. The normalized spacial score (nSPS) is 11.2. The number of nitrogens with one attached hydrogen (secondary N) is 2. The number of anilines is 3. The first-order valence-corrected chi connectivity index (χ1v) is 11.4. The van der Waals surface area contributed by atoms with E-state index in [1.54, 1.807) is 23.6 Å². The monoisotopic (exact) mass is 464 g/mol. The average Bonchev–Trinajstić information content (AvgIpc) is 3.42. The molecule has 0 fully saturated rings. The van der Waals surface area contributed by atoms with Gasteiger partial charge in [0.1, 0.15) is 0 Å². The predicted molar refractivity (Wildman–Crippen MR) is 137 cm³/mol. The predicted octanol–water partition coefficient (Wildman–Crippen LogP) is 5.46. The van der Waals surface area contributed by atoms with Crippen LogP contribution in [0.1, 0.15) is 0 Å². The molecule has 0 aliphatic carbocycles. The number of aromatic nitrogens is 4. The third-order valence-electron chi connectivity index (χ3n) is 4.82. The number of nitrogens with two attached hydrogens (primary N) is 1. The van der Waals surface area contributed by atoms with Crippen molar-refractivity contribution in [3.05, 3.63) is 96.5 Å². The van der Waals surface area contributed by atoms with E-state index in [9.17, 15) is 0 Å². The van der Waals surface area contributed by atoms with Crippen LogP contribution in [0.2, 0.25) is 0 Å². The number of aliphatic imine (C=N–C) groups is 1. The maximum Gasteiger partial charge on any atom is 0.227 e. The molecule has 34 heavy (non-hydrogen) atoms. The molecule has 166 valence electrons. The van der Waals surface area contributed by atoms with Gasteiger partial charge in [-0.05, 0) is 41.8 Å². The van der Waals surface area contributed by atoms with Crippen LogP contribution in [0, 0.1) is 0 Å². The van der Waals surface area contributed by atoms with Gasteiger partial charge in [-0.25, -0.2) is 9.97 Å². The Hall–Kier alpha value is -4.63. The average molecular weight is 465 g/mol. The summed E-state index contributed by atoms with van der Waals surface area (Å²) in [5.41, 5.74) is 10.2. The zero-order valence-corrected chi connectivity index (χ0v) is 18.8. The van der Waals surface area contributed by atoms with Crippen molar-refractivity contribution in [2.24, 2.45) is 10.7 Å². The Bertz CT molecular complexity index is 1400. The Balaban J connectivity index is 1.32. The number of rotatable bonds is 6. The van der Waals surface area contributed by atoms with Crippen LogP contribution in [0.5, 0.6) is 0 Å². The highest BCUT2D eigenvalue weighted by Gasteiger charge is 2.08. The maximum atomic E-state index is 6.15. The van der Waals surface area contributed by atoms with E-state index in [0.29, 0.717) is 11.8 Å². The summed E-state index contributed by atoms with van der Waals surface area (Å²) in [6.45, 7) is 0. The molecule has 0 bridgehead atoms. The van der Waals surface area contributed by atoms with Crippen molar-refractivity contribution >= 4 is 40.4 Å². The fourth-order valence-corrected chi connectivity index (χ4v) is 3.93. The van der Waals surface area contributed by atoms with Gasteiger partial charge in [-0.3, -0.25) is 0 Å². The number of benzene rings is 2. The molecule has 3 heterocycles. The van der Waals surface area contributed by atoms with Crippen molar-refractivity contribution in [2.45, 2.75) is 0 Å². The number of hydrogen-bond acceptors (Lipinski definition) is 7. The van der Waals surface area contributed by atoms with Crippen molar-refractivity contribution in [2.75, 3.05) is 10.6 Å². The molecule has 0 saturated carbocycles. The lowest BCUT2D eigenvalue weighted by molar-refractivity contribution is 1.03. The molecule has 0 spiro atoms. The molecule has 5 aromatic rings.